The van der Waals surface area contributed by atoms with Gasteiger partial charge in [-0.1, -0.05) is 65.9 Å². The Bertz CT molecular complexity index is 1200. The molecule has 0 spiro atoms. The van der Waals surface area contributed by atoms with Crippen molar-refractivity contribution in [2.45, 2.75) is 0 Å². The lowest BCUT2D eigenvalue weighted by Crippen LogP contribution is -2.12. The van der Waals surface area contributed by atoms with Gasteiger partial charge in [0.15, 0.2) is 12.4 Å². The van der Waals surface area contributed by atoms with Crippen molar-refractivity contribution in [2.24, 2.45) is 0 Å². The number of Topliss-reactive ketones (excluding diaryl/α,β-unsaturated/α-hetero) is 1. The molecule has 152 valence electrons. The Labute approximate surface area is 179 Å². The predicted octanol–water partition coefficient (Wildman–Crippen LogP) is 4.37. The van der Waals surface area contributed by atoms with Gasteiger partial charge in [-0.3, -0.25) is 4.79 Å². The van der Waals surface area contributed by atoms with Crippen molar-refractivity contribution in [3.63, 3.8) is 0 Å². The van der Waals surface area contributed by atoms with Crippen LogP contribution in [0.15, 0.2) is 97.2 Å². The number of ether oxygens (including phenoxy) is 1. The molecule has 0 aliphatic rings. The number of ketones is 1. The van der Waals surface area contributed by atoms with Gasteiger partial charge in [0, 0.05) is 17.2 Å². The molecule has 3 aromatic carbocycles. The summed E-state index contributed by atoms with van der Waals surface area (Å²) in [4.78, 5) is 24.2. The molecule has 0 aliphatic carbocycles. The van der Waals surface area contributed by atoms with Gasteiger partial charge in [0.1, 0.15) is 0 Å². The van der Waals surface area contributed by atoms with Gasteiger partial charge >= 0.3 is 5.97 Å². The number of carbonyl (C=O) groups excluding carboxylic acids is 2. The van der Waals surface area contributed by atoms with Crippen molar-refractivity contribution in [3.05, 3.63) is 108 Å². The molecule has 31 heavy (non-hydrogen) atoms. The fraction of sp³-hybridized carbons (Fsp3) is 0.0400. The van der Waals surface area contributed by atoms with Gasteiger partial charge in [-0.2, -0.15) is 0 Å². The second-order valence-corrected chi connectivity index (χ2v) is 6.72. The lowest BCUT2D eigenvalue weighted by molar-refractivity contribution is -0.136. The third kappa shape index (κ3) is 5.00. The van der Waals surface area contributed by atoms with Gasteiger partial charge < -0.3 is 4.74 Å². The highest BCUT2D eigenvalue weighted by Crippen LogP contribution is 2.21. The summed E-state index contributed by atoms with van der Waals surface area (Å²) in [6, 6.07) is 26.1. The standard InChI is InChI=1S/C25H19N3O3/c29-24(18-31-25(30)16-11-19-7-3-1-4-8-19)21-12-14-22(15-13-21)28-23(17-26-27-28)20-9-5-2-6-10-20/h1-17H,18H2/b16-11+. The molecule has 0 radical (unpaired) electrons. The van der Waals surface area contributed by atoms with Crippen molar-refractivity contribution in [2.75, 3.05) is 6.61 Å². The van der Waals surface area contributed by atoms with Gasteiger partial charge in [0.2, 0.25) is 0 Å². The Hall–Kier alpha value is -4.32. The van der Waals surface area contributed by atoms with Crippen LogP contribution in [0.1, 0.15) is 15.9 Å². The quantitative estimate of drug-likeness (QED) is 0.257. The second kappa shape index (κ2) is 9.45. The van der Waals surface area contributed by atoms with Crippen LogP contribution >= 0.6 is 0 Å². The first-order valence-electron chi connectivity index (χ1n) is 9.70. The number of hydrogen-bond acceptors (Lipinski definition) is 5. The largest absolute Gasteiger partial charge is 0.454 e. The maximum atomic E-state index is 12.4. The maximum Gasteiger partial charge on any atom is 0.331 e. The van der Waals surface area contributed by atoms with Crippen LogP contribution < -0.4 is 0 Å². The molecule has 0 aliphatic heterocycles. The van der Waals surface area contributed by atoms with E-state index in [2.05, 4.69) is 10.3 Å². The molecule has 0 unspecified atom stereocenters. The van der Waals surface area contributed by atoms with E-state index in [1.807, 2.05) is 60.7 Å². The fourth-order valence-corrected chi connectivity index (χ4v) is 3.02. The molecule has 0 amide bonds. The van der Waals surface area contributed by atoms with E-state index in [1.54, 1.807) is 41.2 Å². The molecule has 1 heterocycles. The number of benzene rings is 3. The van der Waals surface area contributed by atoms with Crippen LogP contribution in [0.25, 0.3) is 23.0 Å². The smallest absolute Gasteiger partial charge is 0.331 e. The Morgan fingerprint density at radius 1 is 0.871 bits per heavy atom. The third-order valence-corrected chi connectivity index (χ3v) is 4.61. The highest BCUT2D eigenvalue weighted by Gasteiger charge is 2.11. The number of aromatic nitrogens is 3. The molecule has 4 aromatic rings. The summed E-state index contributed by atoms with van der Waals surface area (Å²) in [6.07, 6.45) is 4.64. The van der Waals surface area contributed by atoms with Gasteiger partial charge in [-0.05, 0) is 35.9 Å². The van der Waals surface area contributed by atoms with E-state index < -0.39 is 5.97 Å². The molecule has 1 aromatic heterocycles. The molecule has 0 saturated heterocycles. The average Bonchev–Trinajstić information content (AvgIpc) is 3.32. The number of nitrogens with zero attached hydrogens (tertiary/aromatic N) is 3. The lowest BCUT2D eigenvalue weighted by atomic mass is 10.1. The van der Waals surface area contributed by atoms with Crippen molar-refractivity contribution in [1.82, 2.24) is 15.0 Å². The van der Waals surface area contributed by atoms with Crippen LogP contribution in [0.4, 0.5) is 0 Å². The molecule has 4 rings (SSSR count). The third-order valence-electron chi connectivity index (χ3n) is 4.61. The number of carbonyl (C=O) groups is 2. The SMILES string of the molecule is O=C(/C=C/c1ccccc1)OCC(=O)c1ccc(-n2nncc2-c2ccccc2)cc1. The van der Waals surface area contributed by atoms with Gasteiger partial charge in [-0.15, -0.1) is 5.10 Å². The van der Waals surface area contributed by atoms with E-state index in [0.29, 0.717) is 5.56 Å². The van der Waals surface area contributed by atoms with Crippen LogP contribution in [-0.4, -0.2) is 33.4 Å². The van der Waals surface area contributed by atoms with Crippen LogP contribution in [0.5, 0.6) is 0 Å². The van der Waals surface area contributed by atoms with Crippen LogP contribution in [0.3, 0.4) is 0 Å². The van der Waals surface area contributed by atoms with Crippen molar-refractivity contribution in [1.29, 1.82) is 0 Å². The predicted molar refractivity (Wildman–Crippen MR) is 118 cm³/mol. The second-order valence-electron chi connectivity index (χ2n) is 6.72. The Kier molecular flexibility index (Phi) is 6.09. The minimum absolute atomic E-state index is 0.283. The minimum Gasteiger partial charge on any atom is -0.454 e. The maximum absolute atomic E-state index is 12.4. The average molecular weight is 409 g/mol. The van der Waals surface area contributed by atoms with Gasteiger partial charge in [0.05, 0.1) is 17.6 Å². The fourth-order valence-electron chi connectivity index (χ4n) is 3.02. The van der Waals surface area contributed by atoms with E-state index in [9.17, 15) is 9.59 Å². The van der Waals surface area contributed by atoms with Gasteiger partial charge in [0.25, 0.3) is 0 Å². The Morgan fingerprint density at radius 3 is 2.26 bits per heavy atom. The lowest BCUT2D eigenvalue weighted by Gasteiger charge is -2.07. The molecular weight excluding hydrogens is 390 g/mol. The van der Waals surface area contributed by atoms with E-state index in [1.165, 1.54) is 6.08 Å². The zero-order valence-electron chi connectivity index (χ0n) is 16.6. The van der Waals surface area contributed by atoms with Crippen LogP contribution in [0, 0.1) is 0 Å². The highest BCUT2D eigenvalue weighted by molar-refractivity contribution is 5.99. The molecule has 0 N–H and O–H groups in total. The summed E-state index contributed by atoms with van der Waals surface area (Å²) in [6.45, 7) is -0.324. The summed E-state index contributed by atoms with van der Waals surface area (Å²) in [7, 11) is 0. The summed E-state index contributed by atoms with van der Waals surface area (Å²) < 4.78 is 6.76. The Balaban J connectivity index is 1.39. The zero-order chi connectivity index (χ0) is 21.5. The van der Waals surface area contributed by atoms with Crippen LogP contribution in [-0.2, 0) is 9.53 Å². The molecular formula is C25H19N3O3. The normalized spacial score (nSPS) is 10.8. The first-order chi connectivity index (χ1) is 15.2. The first kappa shape index (κ1) is 20.0. The van der Waals surface area contributed by atoms with Crippen molar-refractivity contribution >= 4 is 17.8 Å². The van der Waals surface area contributed by atoms with Crippen LogP contribution in [0.2, 0.25) is 0 Å². The molecule has 0 bridgehead atoms. The number of hydrogen-bond donors (Lipinski definition) is 0. The number of rotatable bonds is 7. The molecule has 0 atom stereocenters. The molecule has 6 nitrogen and oxygen atoms in total. The monoisotopic (exact) mass is 409 g/mol. The zero-order valence-corrected chi connectivity index (χ0v) is 16.6. The van der Waals surface area contributed by atoms with Crippen molar-refractivity contribution < 1.29 is 14.3 Å². The summed E-state index contributed by atoms with van der Waals surface area (Å²) >= 11 is 0. The van der Waals surface area contributed by atoms with E-state index >= 15 is 0 Å². The summed E-state index contributed by atoms with van der Waals surface area (Å²) in [5.41, 5.74) is 3.94. The summed E-state index contributed by atoms with van der Waals surface area (Å²) in [5, 5.41) is 8.15. The highest BCUT2D eigenvalue weighted by atomic mass is 16.5. The minimum atomic E-state index is -0.566. The molecule has 0 fully saturated rings. The molecule has 0 saturated carbocycles. The van der Waals surface area contributed by atoms with E-state index in [-0.39, 0.29) is 12.4 Å². The Morgan fingerprint density at radius 2 is 1.55 bits per heavy atom. The first-order valence-corrected chi connectivity index (χ1v) is 9.70. The van der Waals surface area contributed by atoms with Crippen molar-refractivity contribution in [3.8, 4) is 16.9 Å². The van der Waals surface area contributed by atoms with E-state index in [4.69, 9.17) is 4.74 Å². The molecule has 6 heteroatoms. The number of esters is 1. The van der Waals surface area contributed by atoms with E-state index in [0.717, 1.165) is 22.5 Å². The van der Waals surface area contributed by atoms with Gasteiger partial charge in [-0.25, -0.2) is 9.48 Å². The summed E-state index contributed by atoms with van der Waals surface area (Å²) in [5.74, 6) is -0.848. The topological polar surface area (TPSA) is 74.1 Å².